The zero-order valence-corrected chi connectivity index (χ0v) is 12.8. The molecule has 116 valence electrons. The minimum Gasteiger partial charge on any atom is -0.491 e. The third kappa shape index (κ3) is 4.43. The van der Waals surface area contributed by atoms with Crippen molar-refractivity contribution < 1.29 is 9.84 Å². The molecule has 1 heterocycles. The monoisotopic (exact) mass is 290 g/mol. The van der Waals surface area contributed by atoms with Gasteiger partial charge in [0.1, 0.15) is 18.5 Å². The van der Waals surface area contributed by atoms with Crippen molar-refractivity contribution in [2.45, 2.75) is 44.4 Å². The van der Waals surface area contributed by atoms with Crippen molar-refractivity contribution in [3.05, 3.63) is 29.8 Å². The Morgan fingerprint density at radius 2 is 2.05 bits per heavy atom. The van der Waals surface area contributed by atoms with E-state index in [1.54, 1.807) is 0 Å². The topological polar surface area (TPSA) is 44.7 Å². The molecule has 1 saturated heterocycles. The summed E-state index contributed by atoms with van der Waals surface area (Å²) in [6, 6.07) is 9.31. The van der Waals surface area contributed by atoms with Gasteiger partial charge in [0.05, 0.1) is 0 Å². The van der Waals surface area contributed by atoms with Crippen LogP contribution in [0.2, 0.25) is 0 Å². The Labute approximate surface area is 127 Å². The highest BCUT2D eigenvalue weighted by atomic mass is 16.5. The summed E-state index contributed by atoms with van der Waals surface area (Å²) in [7, 11) is 0. The molecular weight excluding hydrogens is 264 g/mol. The molecule has 2 fully saturated rings. The van der Waals surface area contributed by atoms with Crippen molar-refractivity contribution in [3.63, 3.8) is 0 Å². The number of likely N-dealkylation sites (tertiary alicyclic amines) is 1. The highest BCUT2D eigenvalue weighted by molar-refractivity contribution is 5.26. The predicted molar refractivity (Wildman–Crippen MR) is 83.7 cm³/mol. The molecule has 0 spiro atoms. The molecule has 2 unspecified atom stereocenters. The highest BCUT2D eigenvalue weighted by Gasteiger charge is 2.34. The van der Waals surface area contributed by atoms with Crippen LogP contribution in [0.3, 0.4) is 0 Å². The highest BCUT2D eigenvalue weighted by Crippen LogP contribution is 2.29. The third-order valence-corrected chi connectivity index (χ3v) is 4.39. The van der Waals surface area contributed by atoms with E-state index in [4.69, 9.17) is 4.74 Å². The second-order valence-electron chi connectivity index (χ2n) is 6.40. The maximum Gasteiger partial charge on any atom is 0.119 e. The van der Waals surface area contributed by atoms with E-state index in [1.165, 1.54) is 31.4 Å². The molecule has 0 amide bonds. The van der Waals surface area contributed by atoms with Gasteiger partial charge in [-0.25, -0.2) is 0 Å². The Hall–Kier alpha value is -1.10. The first-order chi connectivity index (χ1) is 10.2. The van der Waals surface area contributed by atoms with Gasteiger partial charge in [-0.1, -0.05) is 17.7 Å². The van der Waals surface area contributed by atoms with Gasteiger partial charge >= 0.3 is 0 Å². The molecule has 1 aliphatic heterocycles. The summed E-state index contributed by atoms with van der Waals surface area (Å²) < 4.78 is 5.61. The van der Waals surface area contributed by atoms with Gasteiger partial charge in [0.15, 0.2) is 0 Å². The number of nitrogens with one attached hydrogen (secondary N) is 1. The van der Waals surface area contributed by atoms with Crippen LogP contribution >= 0.6 is 0 Å². The molecule has 4 nitrogen and oxygen atoms in total. The standard InChI is InChI=1S/C17H26N2O2/c1-13-2-6-17(7-3-13)21-12-16(20)10-18-14-8-9-19(11-14)15-4-5-15/h2-3,6-7,14-16,18,20H,4-5,8-12H2,1H3. The molecular formula is C17H26N2O2. The first-order valence-electron chi connectivity index (χ1n) is 8.05. The fourth-order valence-corrected chi connectivity index (χ4v) is 2.91. The van der Waals surface area contributed by atoms with Crippen LogP contribution in [0.5, 0.6) is 5.75 Å². The van der Waals surface area contributed by atoms with Crippen molar-refractivity contribution in [2.24, 2.45) is 0 Å². The largest absolute Gasteiger partial charge is 0.491 e. The van der Waals surface area contributed by atoms with Crippen LogP contribution in [0.4, 0.5) is 0 Å². The molecule has 2 aliphatic rings. The lowest BCUT2D eigenvalue weighted by Crippen LogP contribution is -2.39. The zero-order chi connectivity index (χ0) is 14.7. The van der Waals surface area contributed by atoms with Crippen molar-refractivity contribution in [1.29, 1.82) is 0 Å². The van der Waals surface area contributed by atoms with Crippen molar-refractivity contribution in [3.8, 4) is 5.75 Å². The molecule has 1 aliphatic carbocycles. The van der Waals surface area contributed by atoms with Crippen LogP contribution in [0.25, 0.3) is 0 Å². The molecule has 0 bridgehead atoms. The Bertz CT molecular complexity index is 445. The van der Waals surface area contributed by atoms with Gasteiger partial charge in [-0.15, -0.1) is 0 Å². The second-order valence-corrected chi connectivity index (χ2v) is 6.40. The number of hydrogen-bond acceptors (Lipinski definition) is 4. The van der Waals surface area contributed by atoms with Gasteiger partial charge in [0.25, 0.3) is 0 Å². The van der Waals surface area contributed by atoms with Crippen LogP contribution < -0.4 is 10.1 Å². The average Bonchev–Trinajstić information content (AvgIpc) is 3.23. The lowest BCUT2D eigenvalue weighted by atomic mass is 10.2. The van der Waals surface area contributed by atoms with E-state index >= 15 is 0 Å². The molecule has 0 radical (unpaired) electrons. The number of hydrogen-bond donors (Lipinski definition) is 2. The van der Waals surface area contributed by atoms with Crippen LogP contribution in [0, 0.1) is 6.92 Å². The number of ether oxygens (including phenoxy) is 1. The Balaban J connectivity index is 1.32. The molecule has 1 aromatic carbocycles. The van der Waals surface area contributed by atoms with Gasteiger partial charge in [0.2, 0.25) is 0 Å². The van der Waals surface area contributed by atoms with Gasteiger partial charge in [0, 0.05) is 31.7 Å². The van der Waals surface area contributed by atoms with E-state index in [1.807, 2.05) is 24.3 Å². The zero-order valence-electron chi connectivity index (χ0n) is 12.8. The molecule has 2 N–H and O–H groups in total. The van der Waals surface area contributed by atoms with E-state index in [2.05, 4.69) is 17.1 Å². The number of aliphatic hydroxyl groups is 1. The maximum atomic E-state index is 10.0. The van der Waals surface area contributed by atoms with Gasteiger partial charge < -0.3 is 15.2 Å². The summed E-state index contributed by atoms with van der Waals surface area (Å²) >= 11 is 0. The van der Waals surface area contributed by atoms with Crippen molar-refractivity contribution in [1.82, 2.24) is 10.2 Å². The van der Waals surface area contributed by atoms with Crippen LogP contribution in [-0.4, -0.2) is 54.4 Å². The minimum atomic E-state index is -0.457. The number of rotatable bonds is 7. The summed E-state index contributed by atoms with van der Waals surface area (Å²) in [5.74, 6) is 0.820. The van der Waals surface area contributed by atoms with Crippen LogP contribution in [-0.2, 0) is 0 Å². The van der Waals surface area contributed by atoms with Crippen LogP contribution in [0.1, 0.15) is 24.8 Å². The maximum absolute atomic E-state index is 10.0. The average molecular weight is 290 g/mol. The summed E-state index contributed by atoms with van der Waals surface area (Å²) in [6.07, 6.45) is 3.49. The first kappa shape index (κ1) is 14.8. The summed E-state index contributed by atoms with van der Waals surface area (Å²) in [4.78, 5) is 2.58. The Morgan fingerprint density at radius 1 is 1.29 bits per heavy atom. The first-order valence-corrected chi connectivity index (χ1v) is 8.05. The normalized spacial score (nSPS) is 24.2. The lowest BCUT2D eigenvalue weighted by Gasteiger charge is -2.18. The van der Waals surface area contributed by atoms with E-state index in [9.17, 15) is 5.11 Å². The fraction of sp³-hybridized carbons (Fsp3) is 0.647. The lowest BCUT2D eigenvalue weighted by molar-refractivity contribution is 0.103. The molecule has 21 heavy (non-hydrogen) atoms. The molecule has 0 aromatic heterocycles. The molecule has 1 saturated carbocycles. The van der Waals surface area contributed by atoms with E-state index in [0.29, 0.717) is 19.2 Å². The number of aryl methyl sites for hydroxylation is 1. The molecule has 3 rings (SSSR count). The van der Waals surface area contributed by atoms with E-state index in [0.717, 1.165) is 18.3 Å². The summed E-state index contributed by atoms with van der Waals surface area (Å²) in [6.45, 7) is 5.34. The van der Waals surface area contributed by atoms with E-state index < -0.39 is 6.10 Å². The minimum absolute atomic E-state index is 0.342. The number of aliphatic hydroxyl groups excluding tert-OH is 1. The van der Waals surface area contributed by atoms with Gasteiger partial charge in [-0.05, 0) is 38.3 Å². The molecule has 1 aromatic rings. The van der Waals surface area contributed by atoms with Gasteiger partial charge in [-0.3, -0.25) is 4.90 Å². The second kappa shape index (κ2) is 6.77. The number of benzene rings is 1. The van der Waals surface area contributed by atoms with Gasteiger partial charge in [-0.2, -0.15) is 0 Å². The molecule has 2 atom stereocenters. The fourth-order valence-electron chi connectivity index (χ4n) is 2.91. The van der Waals surface area contributed by atoms with E-state index in [-0.39, 0.29) is 0 Å². The Morgan fingerprint density at radius 3 is 2.76 bits per heavy atom. The molecule has 4 heteroatoms. The SMILES string of the molecule is Cc1ccc(OCC(O)CNC2CCN(C3CC3)C2)cc1. The summed E-state index contributed by atoms with van der Waals surface area (Å²) in [5.41, 5.74) is 1.21. The summed E-state index contributed by atoms with van der Waals surface area (Å²) in [5, 5.41) is 13.5. The van der Waals surface area contributed by atoms with Crippen molar-refractivity contribution >= 4 is 0 Å². The quantitative estimate of drug-likeness (QED) is 0.800. The predicted octanol–water partition coefficient (Wildman–Crippen LogP) is 1.56. The van der Waals surface area contributed by atoms with Crippen LogP contribution in [0.15, 0.2) is 24.3 Å². The van der Waals surface area contributed by atoms with Crippen molar-refractivity contribution in [2.75, 3.05) is 26.2 Å². The third-order valence-electron chi connectivity index (χ3n) is 4.39. The Kier molecular flexibility index (Phi) is 4.78. The number of nitrogens with zero attached hydrogens (tertiary/aromatic N) is 1. The smallest absolute Gasteiger partial charge is 0.119 e.